The van der Waals surface area contributed by atoms with Gasteiger partial charge in [-0.1, -0.05) is 20.8 Å². The molecule has 0 aromatic rings. The lowest BCUT2D eigenvalue weighted by molar-refractivity contribution is -0.128. The van der Waals surface area contributed by atoms with Crippen LogP contribution in [-0.2, 0) is 4.79 Å². The number of thioether (sulfide) groups is 1. The van der Waals surface area contributed by atoms with Crippen LogP contribution in [0.5, 0.6) is 0 Å². The van der Waals surface area contributed by atoms with Gasteiger partial charge in [0, 0.05) is 12.0 Å². The summed E-state index contributed by atoms with van der Waals surface area (Å²) in [6, 6.07) is 0. The average molecular weight is 189 g/mol. The molecule has 0 rings (SSSR count). The maximum atomic E-state index is 11.3. The molecule has 0 aromatic carbocycles. The van der Waals surface area contributed by atoms with E-state index in [0.29, 0.717) is 0 Å². The predicted molar refractivity (Wildman–Crippen MR) is 55.5 cm³/mol. The number of hydrogen-bond donors (Lipinski definition) is 1. The summed E-state index contributed by atoms with van der Waals surface area (Å²) >= 11 is 1.81. The highest BCUT2D eigenvalue weighted by Crippen LogP contribution is 2.12. The van der Waals surface area contributed by atoms with Gasteiger partial charge in [-0.15, -0.1) is 0 Å². The van der Waals surface area contributed by atoms with Crippen LogP contribution in [0.2, 0.25) is 0 Å². The van der Waals surface area contributed by atoms with Crippen molar-refractivity contribution in [3.63, 3.8) is 0 Å². The van der Waals surface area contributed by atoms with Gasteiger partial charge in [-0.25, -0.2) is 0 Å². The summed E-state index contributed by atoms with van der Waals surface area (Å²) < 4.78 is 0. The molecule has 0 aliphatic carbocycles. The van der Waals surface area contributed by atoms with Gasteiger partial charge in [-0.2, -0.15) is 11.8 Å². The highest BCUT2D eigenvalue weighted by atomic mass is 32.2. The van der Waals surface area contributed by atoms with Crippen molar-refractivity contribution in [2.45, 2.75) is 27.2 Å². The molecule has 0 bridgehead atoms. The Kier molecular flexibility index (Phi) is 5.38. The fraction of sp³-hybridized carbons (Fsp3) is 0.889. The normalized spacial score (nSPS) is 11.3. The molecule has 0 atom stereocenters. The van der Waals surface area contributed by atoms with Crippen molar-refractivity contribution in [2.75, 3.05) is 18.6 Å². The first-order chi connectivity index (χ1) is 5.48. The lowest BCUT2D eigenvalue weighted by Crippen LogP contribution is -2.35. The SMILES string of the molecule is CSCCCNC(=O)C(C)(C)C. The molecule has 1 amide bonds. The van der Waals surface area contributed by atoms with Gasteiger partial charge in [-0.05, 0) is 18.4 Å². The van der Waals surface area contributed by atoms with E-state index >= 15 is 0 Å². The van der Waals surface area contributed by atoms with E-state index in [1.807, 2.05) is 32.5 Å². The Hall–Kier alpha value is -0.180. The molecule has 12 heavy (non-hydrogen) atoms. The lowest BCUT2D eigenvalue weighted by atomic mass is 9.96. The van der Waals surface area contributed by atoms with Crippen LogP contribution >= 0.6 is 11.8 Å². The monoisotopic (exact) mass is 189 g/mol. The second kappa shape index (κ2) is 5.46. The van der Waals surface area contributed by atoms with E-state index in [1.165, 1.54) is 0 Å². The van der Waals surface area contributed by atoms with Gasteiger partial charge >= 0.3 is 0 Å². The van der Waals surface area contributed by atoms with Crippen LogP contribution in [-0.4, -0.2) is 24.5 Å². The molecule has 3 heteroatoms. The molecule has 72 valence electrons. The minimum atomic E-state index is -0.251. The molecule has 0 saturated heterocycles. The van der Waals surface area contributed by atoms with Crippen LogP contribution in [0.3, 0.4) is 0 Å². The van der Waals surface area contributed by atoms with Gasteiger partial charge in [0.2, 0.25) is 5.91 Å². The maximum absolute atomic E-state index is 11.3. The molecule has 2 nitrogen and oxygen atoms in total. The first-order valence-electron chi connectivity index (χ1n) is 4.25. The highest BCUT2D eigenvalue weighted by Gasteiger charge is 2.19. The molecule has 0 radical (unpaired) electrons. The number of carbonyl (C=O) groups is 1. The third kappa shape index (κ3) is 5.47. The summed E-state index contributed by atoms with van der Waals surface area (Å²) in [5.41, 5.74) is -0.251. The van der Waals surface area contributed by atoms with Gasteiger partial charge in [0.25, 0.3) is 0 Å². The molecule has 0 aromatic heterocycles. The molecule has 0 saturated carbocycles. The quantitative estimate of drug-likeness (QED) is 0.684. The van der Waals surface area contributed by atoms with Crippen LogP contribution in [0.15, 0.2) is 0 Å². The molecule has 0 fully saturated rings. The number of carbonyl (C=O) groups excluding carboxylic acids is 1. The molecule has 0 aliphatic rings. The zero-order chi connectivity index (χ0) is 9.61. The minimum Gasteiger partial charge on any atom is -0.356 e. The summed E-state index contributed by atoms with van der Waals surface area (Å²) in [5, 5.41) is 2.91. The van der Waals surface area contributed by atoms with Crippen LogP contribution in [0, 0.1) is 5.41 Å². The number of amides is 1. The van der Waals surface area contributed by atoms with Crippen LogP contribution in [0.4, 0.5) is 0 Å². The van der Waals surface area contributed by atoms with E-state index < -0.39 is 0 Å². The first-order valence-corrected chi connectivity index (χ1v) is 5.65. The largest absolute Gasteiger partial charge is 0.356 e. The second-order valence-corrected chi connectivity index (χ2v) is 4.84. The van der Waals surface area contributed by atoms with E-state index in [4.69, 9.17) is 0 Å². The zero-order valence-electron chi connectivity index (χ0n) is 8.44. The molecular weight excluding hydrogens is 170 g/mol. The first kappa shape index (κ1) is 11.8. The Morgan fingerprint density at radius 1 is 1.42 bits per heavy atom. The number of rotatable bonds is 4. The van der Waals surface area contributed by atoms with Crippen molar-refractivity contribution in [3.8, 4) is 0 Å². The second-order valence-electron chi connectivity index (χ2n) is 3.85. The summed E-state index contributed by atoms with van der Waals surface area (Å²) in [6.45, 7) is 6.58. The Morgan fingerprint density at radius 3 is 2.42 bits per heavy atom. The number of hydrogen-bond acceptors (Lipinski definition) is 2. The Balaban J connectivity index is 3.45. The molecular formula is C9H19NOS. The molecule has 1 N–H and O–H groups in total. The van der Waals surface area contributed by atoms with Crippen LogP contribution in [0.25, 0.3) is 0 Å². The molecule has 0 aliphatic heterocycles. The van der Waals surface area contributed by atoms with Gasteiger partial charge < -0.3 is 5.32 Å². The van der Waals surface area contributed by atoms with Crippen molar-refractivity contribution in [1.29, 1.82) is 0 Å². The van der Waals surface area contributed by atoms with Crippen LogP contribution in [0.1, 0.15) is 27.2 Å². The van der Waals surface area contributed by atoms with E-state index in [1.54, 1.807) is 0 Å². The maximum Gasteiger partial charge on any atom is 0.225 e. The summed E-state index contributed by atoms with van der Waals surface area (Å²) in [5.74, 6) is 1.26. The predicted octanol–water partition coefficient (Wildman–Crippen LogP) is 1.90. The van der Waals surface area contributed by atoms with Crippen molar-refractivity contribution in [3.05, 3.63) is 0 Å². The van der Waals surface area contributed by atoms with Crippen molar-refractivity contribution < 1.29 is 4.79 Å². The number of nitrogens with one attached hydrogen (secondary N) is 1. The van der Waals surface area contributed by atoms with E-state index in [0.717, 1.165) is 18.7 Å². The summed E-state index contributed by atoms with van der Waals surface area (Å²) in [7, 11) is 0. The minimum absolute atomic E-state index is 0.142. The van der Waals surface area contributed by atoms with Crippen LogP contribution < -0.4 is 5.32 Å². The van der Waals surface area contributed by atoms with Crippen molar-refractivity contribution in [1.82, 2.24) is 5.32 Å². The fourth-order valence-electron chi connectivity index (χ4n) is 0.684. The van der Waals surface area contributed by atoms with E-state index in [-0.39, 0.29) is 11.3 Å². The average Bonchev–Trinajstić information content (AvgIpc) is 1.96. The molecule has 0 heterocycles. The third-order valence-electron chi connectivity index (χ3n) is 1.49. The standard InChI is InChI=1S/C9H19NOS/c1-9(2,3)8(11)10-6-5-7-12-4/h5-7H2,1-4H3,(H,10,11). The van der Waals surface area contributed by atoms with E-state index in [9.17, 15) is 4.79 Å². The molecule has 0 unspecified atom stereocenters. The smallest absolute Gasteiger partial charge is 0.225 e. The highest BCUT2D eigenvalue weighted by molar-refractivity contribution is 7.98. The van der Waals surface area contributed by atoms with Gasteiger partial charge in [0.1, 0.15) is 0 Å². The van der Waals surface area contributed by atoms with Crippen molar-refractivity contribution >= 4 is 17.7 Å². The van der Waals surface area contributed by atoms with Gasteiger partial charge in [-0.3, -0.25) is 4.79 Å². The topological polar surface area (TPSA) is 29.1 Å². The Bertz CT molecular complexity index is 140. The van der Waals surface area contributed by atoms with Gasteiger partial charge in [0.15, 0.2) is 0 Å². The van der Waals surface area contributed by atoms with Gasteiger partial charge in [0.05, 0.1) is 0 Å². The lowest BCUT2D eigenvalue weighted by Gasteiger charge is -2.17. The fourth-order valence-corrected chi connectivity index (χ4v) is 1.12. The molecule has 0 spiro atoms. The van der Waals surface area contributed by atoms with Crippen molar-refractivity contribution in [2.24, 2.45) is 5.41 Å². The Morgan fingerprint density at radius 2 is 2.00 bits per heavy atom. The third-order valence-corrected chi connectivity index (χ3v) is 2.19. The summed E-state index contributed by atoms with van der Waals surface area (Å²) in [4.78, 5) is 11.3. The zero-order valence-corrected chi connectivity index (χ0v) is 9.25. The van der Waals surface area contributed by atoms with E-state index in [2.05, 4.69) is 11.6 Å². The summed E-state index contributed by atoms with van der Waals surface area (Å²) in [6.07, 6.45) is 3.13. The Labute approximate surface area is 79.5 Å².